The van der Waals surface area contributed by atoms with Crippen LogP contribution < -0.4 is 0 Å². The molecular weight excluding hydrogens is 675 g/mol. The standard InChI is InChI=1S/C49H29N5O/c1-2-13-31(14-3-1)47-50-48(32-22-25-38-45(28-32)55-44-27-23-30-12-4-5-15-34(30)46(38)44)52-49(51-47)54-42-21-11-8-18-37(42)39-29-33(24-26-43(39)54)53-40-19-9-6-16-35(40)36-17-7-10-20-41(36)53/h1-29H. The van der Waals surface area contributed by atoms with E-state index in [1.165, 1.54) is 32.6 Å². The summed E-state index contributed by atoms with van der Waals surface area (Å²) < 4.78 is 11.0. The molecule has 12 aromatic rings. The third kappa shape index (κ3) is 4.46. The number of nitrogens with zero attached hydrogens (tertiary/aromatic N) is 5. The summed E-state index contributed by atoms with van der Waals surface area (Å²) in [6, 6.07) is 61.5. The molecule has 0 bridgehead atoms. The van der Waals surface area contributed by atoms with E-state index in [-0.39, 0.29) is 0 Å². The molecular formula is C49H29N5O. The number of furan rings is 1. The number of hydrogen-bond donors (Lipinski definition) is 0. The molecule has 55 heavy (non-hydrogen) atoms. The monoisotopic (exact) mass is 703 g/mol. The Balaban J connectivity index is 1.09. The minimum atomic E-state index is 0.551. The quantitative estimate of drug-likeness (QED) is 0.183. The van der Waals surface area contributed by atoms with Gasteiger partial charge in [0.25, 0.3) is 0 Å². The smallest absolute Gasteiger partial charge is 0.238 e. The van der Waals surface area contributed by atoms with E-state index < -0.39 is 0 Å². The molecule has 0 atom stereocenters. The molecule has 256 valence electrons. The molecule has 0 aliphatic heterocycles. The Labute approximate surface area is 314 Å². The topological polar surface area (TPSA) is 61.7 Å². The molecule has 12 rings (SSSR count). The number of benzene rings is 8. The average molecular weight is 704 g/mol. The van der Waals surface area contributed by atoms with Gasteiger partial charge in [-0.15, -0.1) is 0 Å². The van der Waals surface area contributed by atoms with Crippen molar-refractivity contribution in [1.29, 1.82) is 0 Å². The molecule has 0 saturated heterocycles. The molecule has 6 nitrogen and oxygen atoms in total. The van der Waals surface area contributed by atoms with Gasteiger partial charge in [-0.1, -0.05) is 121 Å². The largest absolute Gasteiger partial charge is 0.456 e. The number of aromatic nitrogens is 5. The van der Waals surface area contributed by atoms with Gasteiger partial charge in [0, 0.05) is 49.1 Å². The van der Waals surface area contributed by atoms with Crippen molar-refractivity contribution >= 4 is 76.3 Å². The highest BCUT2D eigenvalue weighted by atomic mass is 16.3. The van der Waals surface area contributed by atoms with Crippen molar-refractivity contribution in [1.82, 2.24) is 24.1 Å². The van der Waals surface area contributed by atoms with Gasteiger partial charge in [0.05, 0.1) is 22.1 Å². The van der Waals surface area contributed by atoms with Crippen LogP contribution in [-0.4, -0.2) is 24.1 Å². The fourth-order valence-electron chi connectivity index (χ4n) is 8.51. The van der Waals surface area contributed by atoms with Crippen LogP contribution in [0.1, 0.15) is 0 Å². The second kappa shape index (κ2) is 11.5. The summed E-state index contributed by atoms with van der Waals surface area (Å²) in [5.41, 5.74) is 8.91. The summed E-state index contributed by atoms with van der Waals surface area (Å²) in [5, 5.41) is 9.26. The van der Waals surface area contributed by atoms with E-state index in [0.29, 0.717) is 17.6 Å². The highest BCUT2D eigenvalue weighted by Gasteiger charge is 2.20. The molecule has 4 heterocycles. The second-order valence-electron chi connectivity index (χ2n) is 14.0. The van der Waals surface area contributed by atoms with E-state index in [2.05, 4.69) is 155 Å². The van der Waals surface area contributed by atoms with Crippen molar-refractivity contribution < 1.29 is 4.42 Å². The van der Waals surface area contributed by atoms with Crippen LogP contribution in [-0.2, 0) is 0 Å². The Bertz CT molecular complexity index is 3450. The first-order valence-electron chi connectivity index (χ1n) is 18.4. The Morgan fingerprint density at radius 3 is 1.71 bits per heavy atom. The van der Waals surface area contributed by atoms with Gasteiger partial charge < -0.3 is 8.98 Å². The normalized spacial score (nSPS) is 12.0. The predicted octanol–water partition coefficient (Wildman–Crippen LogP) is 12.5. The Morgan fingerprint density at radius 2 is 0.964 bits per heavy atom. The van der Waals surface area contributed by atoms with Gasteiger partial charge in [-0.05, 0) is 65.4 Å². The SMILES string of the molecule is c1ccc(-c2nc(-c3ccc4c(c3)oc3ccc5ccccc5c34)nc(-n3c4ccccc4c4cc(-n5c6ccccc6c6ccccc65)ccc43)n2)cc1. The van der Waals surface area contributed by atoms with Gasteiger partial charge in [0.1, 0.15) is 11.2 Å². The zero-order valence-electron chi connectivity index (χ0n) is 29.4. The van der Waals surface area contributed by atoms with E-state index in [9.17, 15) is 0 Å². The molecule has 0 aliphatic carbocycles. The van der Waals surface area contributed by atoms with E-state index in [0.717, 1.165) is 60.6 Å². The van der Waals surface area contributed by atoms with Crippen molar-refractivity contribution in [3.05, 3.63) is 176 Å². The van der Waals surface area contributed by atoms with Crippen LogP contribution in [0.2, 0.25) is 0 Å². The molecule has 0 amide bonds. The van der Waals surface area contributed by atoms with Crippen LogP contribution in [0.3, 0.4) is 0 Å². The molecule has 0 aliphatic rings. The lowest BCUT2D eigenvalue weighted by atomic mass is 10.0. The van der Waals surface area contributed by atoms with Gasteiger partial charge in [-0.2, -0.15) is 9.97 Å². The summed E-state index contributed by atoms with van der Waals surface area (Å²) in [6.07, 6.45) is 0. The Hall–Kier alpha value is -7.57. The van der Waals surface area contributed by atoms with E-state index in [1.807, 2.05) is 30.3 Å². The first kappa shape index (κ1) is 29.9. The molecule has 0 saturated carbocycles. The molecule has 6 heteroatoms. The maximum absolute atomic E-state index is 6.47. The first-order valence-corrected chi connectivity index (χ1v) is 18.4. The van der Waals surface area contributed by atoms with Crippen molar-refractivity contribution in [2.75, 3.05) is 0 Å². The van der Waals surface area contributed by atoms with E-state index in [4.69, 9.17) is 19.4 Å². The fraction of sp³-hybridized carbons (Fsp3) is 0. The summed E-state index contributed by atoms with van der Waals surface area (Å²) in [4.78, 5) is 15.5. The van der Waals surface area contributed by atoms with Crippen LogP contribution in [0.25, 0.3) is 111 Å². The predicted molar refractivity (Wildman–Crippen MR) is 224 cm³/mol. The number of hydrogen-bond acceptors (Lipinski definition) is 4. The van der Waals surface area contributed by atoms with Gasteiger partial charge in [-0.25, -0.2) is 4.98 Å². The summed E-state index contributed by atoms with van der Waals surface area (Å²) >= 11 is 0. The van der Waals surface area contributed by atoms with Gasteiger partial charge in [0.2, 0.25) is 5.95 Å². The van der Waals surface area contributed by atoms with Gasteiger partial charge >= 0.3 is 0 Å². The van der Waals surface area contributed by atoms with Crippen molar-refractivity contribution in [3.63, 3.8) is 0 Å². The molecule has 0 spiro atoms. The van der Waals surface area contributed by atoms with Crippen molar-refractivity contribution in [2.45, 2.75) is 0 Å². The lowest BCUT2D eigenvalue weighted by Gasteiger charge is -2.11. The number of rotatable bonds is 4. The third-order valence-electron chi connectivity index (χ3n) is 11.0. The van der Waals surface area contributed by atoms with Crippen LogP contribution in [0.15, 0.2) is 180 Å². The number of para-hydroxylation sites is 3. The highest BCUT2D eigenvalue weighted by Crippen LogP contribution is 2.39. The van der Waals surface area contributed by atoms with Gasteiger partial charge in [-0.3, -0.25) is 4.57 Å². The first-order chi connectivity index (χ1) is 27.3. The summed E-state index contributed by atoms with van der Waals surface area (Å²) in [7, 11) is 0. The lowest BCUT2D eigenvalue weighted by Crippen LogP contribution is -2.06. The molecule has 0 fully saturated rings. The lowest BCUT2D eigenvalue weighted by molar-refractivity contribution is 0.669. The maximum Gasteiger partial charge on any atom is 0.238 e. The molecule has 0 N–H and O–H groups in total. The van der Waals surface area contributed by atoms with Crippen LogP contribution in [0.4, 0.5) is 0 Å². The zero-order chi connectivity index (χ0) is 36.0. The average Bonchev–Trinajstić information content (AvgIpc) is 3.91. The summed E-state index contributed by atoms with van der Waals surface area (Å²) in [5.74, 6) is 1.73. The van der Waals surface area contributed by atoms with E-state index >= 15 is 0 Å². The molecule has 4 aromatic heterocycles. The second-order valence-corrected chi connectivity index (χ2v) is 14.0. The molecule has 8 aromatic carbocycles. The highest BCUT2D eigenvalue weighted by molar-refractivity contribution is 6.19. The van der Waals surface area contributed by atoms with Crippen molar-refractivity contribution in [2.24, 2.45) is 0 Å². The maximum atomic E-state index is 6.47. The van der Waals surface area contributed by atoms with Crippen molar-refractivity contribution in [3.8, 4) is 34.4 Å². The zero-order valence-corrected chi connectivity index (χ0v) is 29.4. The Morgan fingerprint density at radius 1 is 0.364 bits per heavy atom. The third-order valence-corrected chi connectivity index (χ3v) is 11.0. The minimum Gasteiger partial charge on any atom is -0.456 e. The van der Waals surface area contributed by atoms with E-state index in [1.54, 1.807) is 0 Å². The molecule has 0 radical (unpaired) electrons. The molecule has 0 unspecified atom stereocenters. The minimum absolute atomic E-state index is 0.551. The number of fused-ring (bicyclic) bond motifs is 11. The fourth-order valence-corrected chi connectivity index (χ4v) is 8.51. The van der Waals surface area contributed by atoms with Gasteiger partial charge in [0.15, 0.2) is 11.6 Å². The van der Waals surface area contributed by atoms with Crippen LogP contribution >= 0.6 is 0 Å². The Kier molecular flexibility index (Phi) is 6.24. The van der Waals surface area contributed by atoms with Crippen LogP contribution in [0.5, 0.6) is 0 Å². The van der Waals surface area contributed by atoms with Crippen LogP contribution in [0, 0.1) is 0 Å². The summed E-state index contributed by atoms with van der Waals surface area (Å²) in [6.45, 7) is 0.